The van der Waals surface area contributed by atoms with Crippen molar-refractivity contribution in [1.29, 1.82) is 0 Å². The fourth-order valence-electron chi connectivity index (χ4n) is 2.65. The van der Waals surface area contributed by atoms with E-state index in [1.54, 1.807) is 41.3 Å². The van der Waals surface area contributed by atoms with Gasteiger partial charge in [-0.3, -0.25) is 9.59 Å². The molecule has 0 saturated carbocycles. The number of carbonyl (C=O) groups excluding carboxylic acids is 2. The lowest BCUT2D eigenvalue weighted by atomic mass is 10.1. The van der Waals surface area contributed by atoms with E-state index in [4.69, 9.17) is 17.3 Å². The smallest absolute Gasteiger partial charge is 0.249 e. The molecule has 1 aliphatic rings. The van der Waals surface area contributed by atoms with Crippen molar-refractivity contribution in [3.05, 3.63) is 59.1 Å². The van der Waals surface area contributed by atoms with Gasteiger partial charge in [0.1, 0.15) is 6.04 Å². The highest BCUT2D eigenvalue weighted by Crippen LogP contribution is 2.26. The van der Waals surface area contributed by atoms with Crippen molar-refractivity contribution in [2.24, 2.45) is 5.73 Å². The van der Waals surface area contributed by atoms with E-state index < -0.39 is 5.91 Å². The Hall–Kier alpha value is -2.53. The molecule has 1 fully saturated rings. The maximum atomic E-state index is 12.5. The number of nitrogens with one attached hydrogen (secondary N) is 1. The third-order valence-corrected chi connectivity index (χ3v) is 4.07. The molecule has 0 aromatic heterocycles. The van der Waals surface area contributed by atoms with Gasteiger partial charge in [0.2, 0.25) is 11.8 Å². The Kier molecular flexibility index (Phi) is 4.21. The van der Waals surface area contributed by atoms with Crippen molar-refractivity contribution in [1.82, 2.24) is 0 Å². The number of amides is 2. The second-order valence-electron chi connectivity index (χ2n) is 5.40. The van der Waals surface area contributed by atoms with Crippen LogP contribution in [0.3, 0.4) is 0 Å². The first-order chi connectivity index (χ1) is 11.0. The summed E-state index contributed by atoms with van der Waals surface area (Å²) in [4.78, 5) is 25.3. The van der Waals surface area contributed by atoms with Crippen LogP contribution in [0.5, 0.6) is 0 Å². The van der Waals surface area contributed by atoms with Gasteiger partial charge in [-0.05, 0) is 48.9 Å². The molecule has 118 valence electrons. The zero-order valence-corrected chi connectivity index (χ0v) is 13.1. The summed E-state index contributed by atoms with van der Waals surface area (Å²) < 4.78 is 0. The Morgan fingerprint density at radius 2 is 1.96 bits per heavy atom. The van der Waals surface area contributed by atoms with Crippen LogP contribution in [0.25, 0.3) is 0 Å². The number of benzene rings is 2. The molecule has 2 aromatic rings. The van der Waals surface area contributed by atoms with E-state index in [-0.39, 0.29) is 11.9 Å². The van der Waals surface area contributed by atoms with E-state index in [0.29, 0.717) is 23.6 Å². The van der Waals surface area contributed by atoms with E-state index in [2.05, 4.69) is 5.32 Å². The molecular formula is C17H16ClN3O2. The van der Waals surface area contributed by atoms with Crippen molar-refractivity contribution >= 4 is 34.8 Å². The van der Waals surface area contributed by atoms with E-state index >= 15 is 0 Å². The van der Waals surface area contributed by atoms with Crippen LogP contribution in [0.4, 0.5) is 11.4 Å². The standard InChI is InChI=1S/C17H16ClN3O2/c18-12-2-1-3-14(10-12)21-9-8-15(17(21)23)20-13-6-4-11(5-7-13)16(19)22/h1-7,10,15,20H,8-9H2,(H2,19,22). The van der Waals surface area contributed by atoms with Gasteiger partial charge < -0.3 is 16.0 Å². The minimum Gasteiger partial charge on any atom is -0.374 e. The SMILES string of the molecule is NC(=O)c1ccc(NC2CCN(c3cccc(Cl)c3)C2=O)cc1. The van der Waals surface area contributed by atoms with Crippen LogP contribution < -0.4 is 16.0 Å². The van der Waals surface area contributed by atoms with Crippen LogP contribution >= 0.6 is 11.6 Å². The quantitative estimate of drug-likeness (QED) is 0.905. The summed E-state index contributed by atoms with van der Waals surface area (Å²) in [7, 11) is 0. The molecule has 1 heterocycles. The second-order valence-corrected chi connectivity index (χ2v) is 5.83. The molecule has 2 amide bonds. The molecule has 1 unspecified atom stereocenters. The fraction of sp³-hybridized carbons (Fsp3) is 0.176. The van der Waals surface area contributed by atoms with Crippen molar-refractivity contribution in [3.63, 3.8) is 0 Å². The Morgan fingerprint density at radius 3 is 2.61 bits per heavy atom. The second kappa shape index (κ2) is 6.30. The summed E-state index contributed by atoms with van der Waals surface area (Å²) in [5.74, 6) is -0.466. The predicted octanol–water partition coefficient (Wildman–Crippen LogP) is 2.66. The first-order valence-corrected chi connectivity index (χ1v) is 7.66. The van der Waals surface area contributed by atoms with Crippen LogP contribution in [0, 0.1) is 0 Å². The number of hydrogen-bond donors (Lipinski definition) is 2. The zero-order chi connectivity index (χ0) is 16.4. The lowest BCUT2D eigenvalue weighted by Crippen LogP contribution is -2.33. The minimum atomic E-state index is -0.472. The number of nitrogens with zero attached hydrogens (tertiary/aromatic N) is 1. The number of anilines is 2. The van der Waals surface area contributed by atoms with Crippen molar-refractivity contribution < 1.29 is 9.59 Å². The van der Waals surface area contributed by atoms with Gasteiger partial charge in [0.25, 0.3) is 0 Å². The van der Waals surface area contributed by atoms with Gasteiger partial charge in [-0.25, -0.2) is 0 Å². The molecule has 1 saturated heterocycles. The third-order valence-electron chi connectivity index (χ3n) is 3.84. The fourth-order valence-corrected chi connectivity index (χ4v) is 2.83. The summed E-state index contributed by atoms with van der Waals surface area (Å²) >= 11 is 5.99. The lowest BCUT2D eigenvalue weighted by Gasteiger charge is -2.18. The number of rotatable bonds is 4. The van der Waals surface area contributed by atoms with Gasteiger partial charge in [0, 0.05) is 28.5 Å². The molecule has 3 N–H and O–H groups in total. The van der Waals surface area contributed by atoms with Crippen LogP contribution in [-0.2, 0) is 4.79 Å². The van der Waals surface area contributed by atoms with E-state index in [1.165, 1.54) is 0 Å². The molecule has 23 heavy (non-hydrogen) atoms. The van der Waals surface area contributed by atoms with Crippen LogP contribution in [-0.4, -0.2) is 24.4 Å². The van der Waals surface area contributed by atoms with Crippen molar-refractivity contribution in [2.45, 2.75) is 12.5 Å². The van der Waals surface area contributed by atoms with Crippen LogP contribution in [0.2, 0.25) is 5.02 Å². The molecule has 5 nitrogen and oxygen atoms in total. The molecule has 1 atom stereocenters. The summed E-state index contributed by atoms with van der Waals surface area (Å²) in [6.07, 6.45) is 0.697. The molecule has 0 bridgehead atoms. The van der Waals surface area contributed by atoms with Gasteiger partial charge in [-0.15, -0.1) is 0 Å². The summed E-state index contributed by atoms with van der Waals surface area (Å²) in [5, 5.41) is 3.80. The van der Waals surface area contributed by atoms with Gasteiger partial charge >= 0.3 is 0 Å². The van der Waals surface area contributed by atoms with Crippen LogP contribution in [0.15, 0.2) is 48.5 Å². The van der Waals surface area contributed by atoms with Crippen molar-refractivity contribution in [3.8, 4) is 0 Å². The molecule has 1 aliphatic heterocycles. The molecule has 2 aromatic carbocycles. The highest BCUT2D eigenvalue weighted by atomic mass is 35.5. The van der Waals surface area contributed by atoms with Crippen molar-refractivity contribution in [2.75, 3.05) is 16.8 Å². The highest BCUT2D eigenvalue weighted by Gasteiger charge is 2.32. The Labute approximate surface area is 139 Å². The maximum Gasteiger partial charge on any atom is 0.249 e. The minimum absolute atomic E-state index is 0.00578. The van der Waals surface area contributed by atoms with E-state index in [1.807, 2.05) is 12.1 Å². The maximum absolute atomic E-state index is 12.5. The monoisotopic (exact) mass is 329 g/mol. The average Bonchev–Trinajstić information content (AvgIpc) is 2.89. The molecule has 6 heteroatoms. The normalized spacial score (nSPS) is 17.3. The molecule has 3 rings (SSSR count). The Balaban J connectivity index is 1.70. The number of primary amides is 1. The number of carbonyl (C=O) groups is 2. The number of halogens is 1. The molecule has 0 spiro atoms. The average molecular weight is 330 g/mol. The largest absolute Gasteiger partial charge is 0.374 e. The van der Waals surface area contributed by atoms with Gasteiger partial charge in [-0.1, -0.05) is 17.7 Å². The Morgan fingerprint density at radius 1 is 1.22 bits per heavy atom. The highest BCUT2D eigenvalue weighted by molar-refractivity contribution is 6.31. The number of hydrogen-bond acceptors (Lipinski definition) is 3. The zero-order valence-electron chi connectivity index (χ0n) is 12.3. The summed E-state index contributed by atoms with van der Waals surface area (Å²) in [5.41, 5.74) is 7.23. The Bertz CT molecular complexity index is 746. The summed E-state index contributed by atoms with van der Waals surface area (Å²) in [6.45, 7) is 0.635. The van der Waals surface area contributed by atoms with E-state index in [9.17, 15) is 9.59 Å². The third kappa shape index (κ3) is 3.29. The first kappa shape index (κ1) is 15.4. The molecular weight excluding hydrogens is 314 g/mol. The van der Waals surface area contributed by atoms with Crippen LogP contribution in [0.1, 0.15) is 16.8 Å². The topological polar surface area (TPSA) is 75.4 Å². The first-order valence-electron chi connectivity index (χ1n) is 7.28. The molecule has 0 aliphatic carbocycles. The van der Waals surface area contributed by atoms with Gasteiger partial charge in [-0.2, -0.15) is 0 Å². The van der Waals surface area contributed by atoms with Gasteiger partial charge in [0.05, 0.1) is 0 Å². The predicted molar refractivity (Wildman–Crippen MR) is 90.8 cm³/mol. The molecule has 0 radical (unpaired) electrons. The number of nitrogens with two attached hydrogens (primary N) is 1. The summed E-state index contributed by atoms with van der Waals surface area (Å²) in [6, 6.07) is 13.7. The van der Waals surface area contributed by atoms with Gasteiger partial charge in [0.15, 0.2) is 0 Å². The van der Waals surface area contributed by atoms with E-state index in [0.717, 1.165) is 11.4 Å². The lowest BCUT2D eigenvalue weighted by molar-refractivity contribution is -0.117.